The lowest BCUT2D eigenvalue weighted by Gasteiger charge is -2.36. The normalized spacial score (nSPS) is 25.8. The molecule has 0 aliphatic carbocycles. The minimum Gasteiger partial charge on any atom is -0.474 e. The number of aromatic nitrogens is 4. The highest BCUT2D eigenvalue weighted by Crippen LogP contribution is 2.28. The first-order chi connectivity index (χ1) is 12.8. The van der Waals surface area contributed by atoms with Gasteiger partial charge in [0.15, 0.2) is 11.8 Å². The predicted octanol–water partition coefficient (Wildman–Crippen LogP) is 0.232. The lowest BCUT2D eigenvalue weighted by molar-refractivity contribution is -0.187. The Hall–Kier alpha value is -2.57. The molecule has 9 nitrogen and oxygen atoms in total. The van der Waals surface area contributed by atoms with Gasteiger partial charge in [0.05, 0.1) is 25.2 Å². The van der Waals surface area contributed by atoms with Gasteiger partial charge in [0.2, 0.25) is 11.8 Å². The third kappa shape index (κ3) is 4.78. The lowest BCUT2D eigenvalue weighted by atomic mass is 10.0. The van der Waals surface area contributed by atoms with Crippen molar-refractivity contribution in [2.45, 2.75) is 30.6 Å². The van der Waals surface area contributed by atoms with Gasteiger partial charge < -0.3 is 24.4 Å². The van der Waals surface area contributed by atoms with Crippen LogP contribution >= 0.6 is 0 Å². The molecule has 3 heterocycles. The van der Waals surface area contributed by atoms with Crippen LogP contribution in [0.4, 0.5) is 13.2 Å². The summed E-state index contributed by atoms with van der Waals surface area (Å²) >= 11 is 0. The summed E-state index contributed by atoms with van der Waals surface area (Å²) in [5.74, 6) is -0.237. The van der Waals surface area contributed by atoms with Gasteiger partial charge in [-0.25, -0.2) is 9.97 Å². The van der Waals surface area contributed by atoms with Gasteiger partial charge in [0.1, 0.15) is 24.9 Å². The first-order valence-electron chi connectivity index (χ1n) is 7.77. The first kappa shape index (κ1) is 19.2. The number of aliphatic hydroxyl groups excluding tert-OH is 2. The van der Waals surface area contributed by atoms with Crippen molar-refractivity contribution in [2.24, 2.45) is 0 Å². The van der Waals surface area contributed by atoms with E-state index in [1.165, 1.54) is 18.6 Å². The molecule has 4 atom stereocenters. The fourth-order valence-corrected chi connectivity index (χ4v) is 2.33. The summed E-state index contributed by atoms with van der Waals surface area (Å²) in [6, 6.07) is 0. The third-order valence-corrected chi connectivity index (χ3v) is 3.70. The van der Waals surface area contributed by atoms with Crippen molar-refractivity contribution in [3.63, 3.8) is 0 Å². The minimum atomic E-state index is -4.68. The summed E-state index contributed by atoms with van der Waals surface area (Å²) < 4.78 is 53.9. The average Bonchev–Trinajstić information content (AvgIpc) is 2.65. The van der Waals surface area contributed by atoms with Gasteiger partial charge in [0.25, 0.3) is 0 Å². The Kier molecular flexibility index (Phi) is 5.68. The fraction of sp³-hybridized carbons (Fsp3) is 0.467. The predicted molar refractivity (Wildman–Crippen MR) is 80.7 cm³/mol. The number of halogens is 3. The molecule has 2 aromatic heterocycles. The van der Waals surface area contributed by atoms with Crippen molar-refractivity contribution in [3.05, 3.63) is 36.7 Å². The fourth-order valence-electron chi connectivity index (χ4n) is 2.33. The number of nitrogens with zero attached hydrogens (tertiary/aromatic N) is 4. The van der Waals surface area contributed by atoms with Crippen LogP contribution in [0.2, 0.25) is 0 Å². The van der Waals surface area contributed by atoms with E-state index < -0.39 is 42.2 Å². The molecule has 1 fully saturated rings. The highest BCUT2D eigenvalue weighted by molar-refractivity contribution is 5.12. The van der Waals surface area contributed by atoms with E-state index >= 15 is 0 Å². The first-order valence-corrected chi connectivity index (χ1v) is 7.77. The van der Waals surface area contributed by atoms with Crippen LogP contribution < -0.4 is 9.47 Å². The molecule has 27 heavy (non-hydrogen) atoms. The molecular weight excluding hydrogens is 373 g/mol. The zero-order chi connectivity index (χ0) is 19.4. The molecule has 146 valence electrons. The van der Waals surface area contributed by atoms with Crippen molar-refractivity contribution in [2.75, 3.05) is 13.2 Å². The molecule has 2 aromatic rings. The number of hydrogen-bond acceptors (Lipinski definition) is 9. The maximum Gasteiger partial charge on any atom is 0.435 e. The summed E-state index contributed by atoms with van der Waals surface area (Å²) in [6.07, 6.45) is -3.79. The minimum absolute atomic E-state index is 0.118. The van der Waals surface area contributed by atoms with Crippen LogP contribution in [0, 0.1) is 0 Å². The van der Waals surface area contributed by atoms with Gasteiger partial charge >= 0.3 is 6.18 Å². The van der Waals surface area contributed by atoms with Crippen molar-refractivity contribution in [1.82, 2.24) is 19.9 Å². The molecule has 0 bridgehead atoms. The number of aliphatic hydroxyl groups is 2. The molecule has 1 aliphatic heterocycles. The van der Waals surface area contributed by atoms with Gasteiger partial charge in [-0.3, -0.25) is 9.97 Å². The summed E-state index contributed by atoms with van der Waals surface area (Å²) in [6.45, 7) is -0.322. The van der Waals surface area contributed by atoms with Crippen molar-refractivity contribution in [1.29, 1.82) is 0 Å². The quantitative estimate of drug-likeness (QED) is 0.742. The maximum absolute atomic E-state index is 12.7. The standard InChI is InChI=1S/C15H15F3N4O5/c16-15(17,18)10-3-20-5-12(22-10)27-9-7-25-8(13(23)14(9)24)6-26-11-4-19-1-2-21-11/h1-5,8-9,13-14,23-24H,6-7H2/t8-,9+,13+,14-/m1/s1. The Morgan fingerprint density at radius 1 is 1.07 bits per heavy atom. The van der Waals surface area contributed by atoms with Crippen LogP contribution in [-0.2, 0) is 10.9 Å². The largest absolute Gasteiger partial charge is 0.474 e. The number of hydrogen-bond donors (Lipinski definition) is 2. The van der Waals surface area contributed by atoms with Crippen molar-refractivity contribution in [3.8, 4) is 11.8 Å². The van der Waals surface area contributed by atoms with E-state index in [9.17, 15) is 23.4 Å². The van der Waals surface area contributed by atoms with E-state index in [2.05, 4.69) is 19.9 Å². The van der Waals surface area contributed by atoms with E-state index in [0.717, 1.165) is 6.20 Å². The molecule has 1 saturated heterocycles. The SMILES string of the molecule is O[C@@H]1[C@H](O)[C@@H](Oc2cncc(C(F)(F)F)n2)CO[C@@H]1COc1cnccn1. The van der Waals surface area contributed by atoms with Crippen LogP contribution in [0.25, 0.3) is 0 Å². The second-order valence-corrected chi connectivity index (χ2v) is 5.60. The Morgan fingerprint density at radius 2 is 1.85 bits per heavy atom. The molecule has 2 N–H and O–H groups in total. The molecule has 0 saturated carbocycles. The van der Waals surface area contributed by atoms with Crippen LogP contribution in [-0.4, -0.2) is 67.8 Å². The molecule has 0 unspecified atom stereocenters. The second kappa shape index (κ2) is 7.98. The van der Waals surface area contributed by atoms with Gasteiger partial charge in [-0.15, -0.1) is 0 Å². The summed E-state index contributed by atoms with van der Waals surface area (Å²) in [5, 5.41) is 20.3. The van der Waals surface area contributed by atoms with Crippen LogP contribution in [0.1, 0.15) is 5.69 Å². The number of ether oxygens (including phenoxy) is 3. The number of alkyl halides is 3. The van der Waals surface area contributed by atoms with Crippen LogP contribution in [0.5, 0.6) is 11.8 Å². The Labute approximate surface area is 150 Å². The van der Waals surface area contributed by atoms with Crippen molar-refractivity contribution < 1.29 is 37.6 Å². The topological polar surface area (TPSA) is 120 Å². The second-order valence-electron chi connectivity index (χ2n) is 5.60. The highest BCUT2D eigenvalue weighted by Gasteiger charge is 2.41. The smallest absolute Gasteiger partial charge is 0.435 e. The van der Waals surface area contributed by atoms with E-state index in [1.807, 2.05) is 0 Å². The lowest BCUT2D eigenvalue weighted by Crippen LogP contribution is -2.56. The summed E-state index contributed by atoms with van der Waals surface area (Å²) in [5.41, 5.74) is -1.23. The van der Waals surface area contributed by atoms with E-state index in [0.29, 0.717) is 6.20 Å². The van der Waals surface area contributed by atoms with E-state index in [4.69, 9.17) is 14.2 Å². The number of rotatable bonds is 5. The van der Waals surface area contributed by atoms with E-state index in [-0.39, 0.29) is 19.1 Å². The van der Waals surface area contributed by atoms with Gasteiger partial charge in [-0.2, -0.15) is 13.2 Å². The Bertz CT molecular complexity index is 752. The van der Waals surface area contributed by atoms with Gasteiger partial charge in [-0.05, 0) is 0 Å². The maximum atomic E-state index is 12.7. The molecular formula is C15H15F3N4O5. The van der Waals surface area contributed by atoms with Crippen LogP contribution in [0.3, 0.4) is 0 Å². The monoisotopic (exact) mass is 388 g/mol. The van der Waals surface area contributed by atoms with Crippen LogP contribution in [0.15, 0.2) is 31.0 Å². The Balaban J connectivity index is 1.59. The molecule has 12 heteroatoms. The zero-order valence-electron chi connectivity index (χ0n) is 13.7. The molecule has 0 radical (unpaired) electrons. The molecule has 0 amide bonds. The average molecular weight is 388 g/mol. The zero-order valence-corrected chi connectivity index (χ0v) is 13.7. The van der Waals surface area contributed by atoms with Crippen molar-refractivity contribution >= 4 is 0 Å². The van der Waals surface area contributed by atoms with E-state index in [1.54, 1.807) is 0 Å². The van der Waals surface area contributed by atoms with Gasteiger partial charge in [0, 0.05) is 12.4 Å². The summed E-state index contributed by atoms with van der Waals surface area (Å²) in [7, 11) is 0. The molecule has 3 rings (SSSR count). The highest BCUT2D eigenvalue weighted by atomic mass is 19.4. The molecule has 0 aromatic carbocycles. The third-order valence-electron chi connectivity index (χ3n) is 3.70. The van der Waals surface area contributed by atoms with Gasteiger partial charge in [-0.1, -0.05) is 0 Å². The summed E-state index contributed by atoms with van der Waals surface area (Å²) in [4.78, 5) is 14.4. The molecule has 1 aliphatic rings. The molecule has 0 spiro atoms. The Morgan fingerprint density at radius 3 is 2.56 bits per heavy atom.